The maximum Gasteiger partial charge on any atom is 0.244 e. The van der Waals surface area contributed by atoms with Gasteiger partial charge in [-0.1, -0.05) is 18.1 Å². The maximum absolute atomic E-state index is 12.2. The third-order valence-electron chi connectivity index (χ3n) is 5.53. The van der Waals surface area contributed by atoms with Gasteiger partial charge in [-0.3, -0.25) is 4.79 Å². The molecule has 0 atom stereocenters. The van der Waals surface area contributed by atoms with Crippen molar-refractivity contribution in [3.05, 3.63) is 46.9 Å². The Hall–Kier alpha value is -2.76. The second-order valence-electron chi connectivity index (χ2n) is 7.80. The van der Waals surface area contributed by atoms with Gasteiger partial charge in [-0.2, -0.15) is 0 Å². The number of aryl methyl sites for hydroxylation is 2. The van der Waals surface area contributed by atoms with Gasteiger partial charge in [0.2, 0.25) is 5.91 Å². The Morgan fingerprint density at radius 2 is 2.00 bits per heavy atom. The highest BCUT2D eigenvalue weighted by Gasteiger charge is 2.18. The van der Waals surface area contributed by atoms with Gasteiger partial charge in [0.25, 0.3) is 0 Å². The molecule has 1 aromatic carbocycles. The first-order valence-corrected chi connectivity index (χ1v) is 10.2. The zero-order valence-corrected chi connectivity index (χ0v) is 17.7. The van der Waals surface area contributed by atoms with E-state index in [2.05, 4.69) is 17.4 Å². The average Bonchev–Trinajstić information content (AvgIpc) is 3.04. The van der Waals surface area contributed by atoms with E-state index < -0.39 is 0 Å². The van der Waals surface area contributed by atoms with Crippen LogP contribution in [0.5, 0.6) is 11.5 Å². The number of hydrogen-bond donors (Lipinski definition) is 1. The van der Waals surface area contributed by atoms with Crippen molar-refractivity contribution in [2.75, 3.05) is 7.11 Å². The Kier molecular flexibility index (Phi) is 6.96. The summed E-state index contributed by atoms with van der Waals surface area (Å²) in [5, 5.41) is 7.04. The molecule has 1 aromatic heterocycles. The molecule has 6 nitrogen and oxygen atoms in total. The number of nitrogens with one attached hydrogen (secondary N) is 1. The summed E-state index contributed by atoms with van der Waals surface area (Å²) in [6.07, 6.45) is 7.86. The summed E-state index contributed by atoms with van der Waals surface area (Å²) in [5.74, 6) is 2.71. The number of methoxy groups -OCH3 is 1. The number of benzene rings is 1. The first-order chi connectivity index (χ1) is 14.0. The van der Waals surface area contributed by atoms with Crippen LogP contribution in [0, 0.1) is 19.8 Å². The molecule has 1 N–H and O–H groups in total. The molecule has 1 aliphatic rings. The number of rotatable bonds is 7. The third kappa shape index (κ3) is 5.62. The lowest BCUT2D eigenvalue weighted by molar-refractivity contribution is -0.117. The molecule has 1 amide bonds. The monoisotopic (exact) mass is 398 g/mol. The first-order valence-electron chi connectivity index (χ1n) is 10.2. The molecule has 156 valence electrons. The number of nitrogens with zero attached hydrogens (tertiary/aromatic N) is 1. The summed E-state index contributed by atoms with van der Waals surface area (Å²) in [6.45, 7) is 6.38. The maximum atomic E-state index is 12.2. The predicted octanol–water partition coefficient (Wildman–Crippen LogP) is 4.59. The largest absolute Gasteiger partial charge is 0.493 e. The Labute approximate surface area is 172 Å². The first kappa shape index (κ1) is 21.0. The molecule has 1 aliphatic carbocycles. The van der Waals surface area contributed by atoms with Gasteiger partial charge in [0, 0.05) is 12.1 Å². The molecular weight excluding hydrogens is 368 g/mol. The lowest BCUT2D eigenvalue weighted by atomic mass is 9.87. The van der Waals surface area contributed by atoms with Crippen LogP contribution in [-0.4, -0.2) is 24.2 Å². The highest BCUT2D eigenvalue weighted by Crippen LogP contribution is 2.30. The summed E-state index contributed by atoms with van der Waals surface area (Å²) >= 11 is 0. The van der Waals surface area contributed by atoms with E-state index in [9.17, 15) is 4.79 Å². The van der Waals surface area contributed by atoms with Crippen LogP contribution in [-0.2, 0) is 11.4 Å². The highest BCUT2D eigenvalue weighted by molar-refractivity contribution is 5.92. The lowest BCUT2D eigenvalue weighted by Gasteiger charge is -2.26. The molecule has 1 heterocycles. The molecule has 0 unspecified atom stereocenters. The number of ether oxygens (including phenoxy) is 2. The van der Waals surface area contributed by atoms with Crippen molar-refractivity contribution < 1.29 is 18.8 Å². The van der Waals surface area contributed by atoms with Gasteiger partial charge in [-0.25, -0.2) is 0 Å². The molecule has 2 aromatic rings. The van der Waals surface area contributed by atoms with Crippen molar-refractivity contribution >= 4 is 12.0 Å². The minimum atomic E-state index is -0.0535. The second-order valence-corrected chi connectivity index (χ2v) is 7.80. The van der Waals surface area contributed by atoms with E-state index in [1.807, 2.05) is 32.0 Å². The standard InChI is InChI=1S/C23H30N2O4/c1-15-5-9-19(10-6-15)24-23(26)12-8-18-7-11-21(22(13-18)27-4)28-14-20-16(2)25-29-17(20)3/h7-8,11-13,15,19H,5-6,9-10,14H2,1-4H3,(H,24,26). The molecule has 3 rings (SSSR count). The SMILES string of the molecule is COc1cc(C=CC(=O)NC2CCC(C)CC2)ccc1OCc1c(C)noc1C. The summed E-state index contributed by atoms with van der Waals surface area (Å²) in [6, 6.07) is 5.89. The quantitative estimate of drug-likeness (QED) is 0.691. The van der Waals surface area contributed by atoms with Gasteiger partial charge >= 0.3 is 0 Å². The smallest absolute Gasteiger partial charge is 0.244 e. The van der Waals surface area contributed by atoms with E-state index in [4.69, 9.17) is 14.0 Å². The van der Waals surface area contributed by atoms with E-state index >= 15 is 0 Å². The topological polar surface area (TPSA) is 73.6 Å². The van der Waals surface area contributed by atoms with Gasteiger partial charge in [0.15, 0.2) is 11.5 Å². The number of hydrogen-bond acceptors (Lipinski definition) is 5. The van der Waals surface area contributed by atoms with E-state index in [1.54, 1.807) is 19.3 Å². The average molecular weight is 399 g/mol. The molecular formula is C23H30N2O4. The molecule has 29 heavy (non-hydrogen) atoms. The minimum absolute atomic E-state index is 0.0535. The van der Waals surface area contributed by atoms with Crippen LogP contribution in [0.1, 0.15) is 55.2 Å². The molecule has 0 radical (unpaired) electrons. The van der Waals surface area contributed by atoms with Crippen molar-refractivity contribution in [2.45, 2.75) is 59.1 Å². The van der Waals surface area contributed by atoms with E-state index in [-0.39, 0.29) is 11.9 Å². The molecule has 6 heteroatoms. The van der Waals surface area contributed by atoms with Crippen LogP contribution >= 0.6 is 0 Å². The molecule has 0 spiro atoms. The van der Waals surface area contributed by atoms with Crippen molar-refractivity contribution in [2.24, 2.45) is 5.92 Å². The van der Waals surface area contributed by atoms with Crippen LogP contribution in [0.2, 0.25) is 0 Å². The minimum Gasteiger partial charge on any atom is -0.493 e. The van der Waals surface area contributed by atoms with E-state index in [0.29, 0.717) is 18.1 Å². The van der Waals surface area contributed by atoms with Gasteiger partial charge < -0.3 is 19.3 Å². The third-order valence-corrected chi connectivity index (χ3v) is 5.53. The number of amides is 1. The lowest BCUT2D eigenvalue weighted by Crippen LogP contribution is -2.36. The van der Waals surface area contributed by atoms with E-state index in [0.717, 1.165) is 41.3 Å². The summed E-state index contributed by atoms with van der Waals surface area (Å²) in [7, 11) is 1.60. The van der Waals surface area contributed by atoms with Gasteiger partial charge in [-0.05, 0) is 69.2 Å². The second kappa shape index (κ2) is 9.63. The molecule has 1 fully saturated rings. The zero-order valence-electron chi connectivity index (χ0n) is 17.7. The van der Waals surface area contributed by atoms with Gasteiger partial charge in [0.1, 0.15) is 12.4 Å². The fraction of sp³-hybridized carbons (Fsp3) is 0.478. The molecule has 0 aliphatic heterocycles. The Morgan fingerprint density at radius 1 is 1.24 bits per heavy atom. The van der Waals surface area contributed by atoms with Crippen LogP contribution in [0.15, 0.2) is 28.8 Å². The fourth-order valence-electron chi connectivity index (χ4n) is 3.59. The van der Waals surface area contributed by atoms with Gasteiger partial charge in [-0.15, -0.1) is 0 Å². The molecule has 1 saturated carbocycles. The zero-order chi connectivity index (χ0) is 20.8. The Bertz CT molecular complexity index is 844. The van der Waals surface area contributed by atoms with Crippen LogP contribution in [0.3, 0.4) is 0 Å². The van der Waals surface area contributed by atoms with Crippen molar-refractivity contribution in [1.82, 2.24) is 10.5 Å². The van der Waals surface area contributed by atoms with Crippen molar-refractivity contribution in [3.63, 3.8) is 0 Å². The Balaban J connectivity index is 1.59. The summed E-state index contributed by atoms with van der Waals surface area (Å²) < 4.78 is 16.5. The summed E-state index contributed by atoms with van der Waals surface area (Å²) in [4.78, 5) is 12.2. The summed E-state index contributed by atoms with van der Waals surface area (Å²) in [5.41, 5.74) is 2.63. The normalized spacial score (nSPS) is 19.3. The van der Waals surface area contributed by atoms with Crippen molar-refractivity contribution in [3.8, 4) is 11.5 Å². The van der Waals surface area contributed by atoms with Crippen LogP contribution in [0.4, 0.5) is 0 Å². The highest BCUT2D eigenvalue weighted by atomic mass is 16.5. The van der Waals surface area contributed by atoms with Crippen molar-refractivity contribution in [1.29, 1.82) is 0 Å². The van der Waals surface area contributed by atoms with Crippen LogP contribution < -0.4 is 14.8 Å². The van der Waals surface area contributed by atoms with E-state index in [1.165, 1.54) is 12.8 Å². The molecule has 0 saturated heterocycles. The molecule has 0 bridgehead atoms. The predicted molar refractivity (Wildman–Crippen MR) is 112 cm³/mol. The number of aromatic nitrogens is 1. The van der Waals surface area contributed by atoms with Crippen LogP contribution in [0.25, 0.3) is 6.08 Å². The van der Waals surface area contributed by atoms with Gasteiger partial charge in [0.05, 0.1) is 18.4 Å². The number of carbonyl (C=O) groups is 1. The Morgan fingerprint density at radius 3 is 2.66 bits per heavy atom. The fourth-order valence-corrected chi connectivity index (χ4v) is 3.59. The number of carbonyl (C=O) groups excluding carboxylic acids is 1.